The lowest BCUT2D eigenvalue weighted by Gasteiger charge is -2.38. The molecule has 3 unspecified atom stereocenters. The van der Waals surface area contributed by atoms with Gasteiger partial charge in [0.1, 0.15) is 0 Å². The number of nitrogens with zero attached hydrogens (tertiary/aromatic N) is 2. The molecule has 2 aliphatic heterocycles. The van der Waals surface area contributed by atoms with Gasteiger partial charge in [0.2, 0.25) is 0 Å². The zero-order chi connectivity index (χ0) is 13.2. The molecule has 0 amide bonds. The molecule has 0 saturated carbocycles. The summed E-state index contributed by atoms with van der Waals surface area (Å²) in [7, 11) is 0. The molecule has 0 aliphatic carbocycles. The maximum absolute atomic E-state index is 6.02. The highest BCUT2D eigenvalue weighted by molar-refractivity contribution is 7.09. The van der Waals surface area contributed by atoms with E-state index in [1.807, 2.05) is 6.92 Å². The average molecular weight is 282 g/mol. The van der Waals surface area contributed by atoms with Crippen molar-refractivity contribution in [2.75, 3.05) is 19.7 Å². The highest BCUT2D eigenvalue weighted by atomic mass is 32.1. The molecular weight excluding hydrogens is 260 g/mol. The second kappa shape index (κ2) is 5.85. The van der Waals surface area contributed by atoms with Gasteiger partial charge < -0.3 is 4.74 Å². The van der Waals surface area contributed by atoms with Crippen molar-refractivity contribution < 1.29 is 4.74 Å². The van der Waals surface area contributed by atoms with E-state index in [-0.39, 0.29) is 12.1 Å². The Hall–Kier alpha value is -0.530. The van der Waals surface area contributed by atoms with E-state index in [1.54, 1.807) is 11.3 Å². The molecule has 2 saturated heterocycles. The van der Waals surface area contributed by atoms with Gasteiger partial charge in [-0.05, 0) is 26.3 Å². The summed E-state index contributed by atoms with van der Waals surface area (Å²) in [6, 6.07) is 0.777. The van der Waals surface area contributed by atoms with Crippen LogP contribution in [0.3, 0.4) is 0 Å². The van der Waals surface area contributed by atoms with Gasteiger partial charge in [-0.15, -0.1) is 11.3 Å². The van der Waals surface area contributed by atoms with Crippen LogP contribution in [0.15, 0.2) is 5.38 Å². The van der Waals surface area contributed by atoms with Crippen LogP contribution in [0, 0.1) is 6.92 Å². The van der Waals surface area contributed by atoms with Gasteiger partial charge in [0.15, 0.2) is 0 Å². The number of aryl methyl sites for hydroxylation is 1. The summed E-state index contributed by atoms with van der Waals surface area (Å²) in [5, 5.41) is 3.22. The van der Waals surface area contributed by atoms with Gasteiger partial charge in [0.05, 0.1) is 29.5 Å². The Morgan fingerprint density at radius 3 is 3.32 bits per heavy atom. The molecule has 3 rings (SSSR count). The zero-order valence-corrected chi connectivity index (χ0v) is 12.2. The minimum atomic E-state index is 0.142. The summed E-state index contributed by atoms with van der Waals surface area (Å²) < 4.78 is 6.02. The minimum absolute atomic E-state index is 0.142. The molecule has 6 heteroatoms. The Morgan fingerprint density at radius 1 is 1.68 bits per heavy atom. The molecule has 0 radical (unpaired) electrons. The molecule has 2 aliphatic rings. The van der Waals surface area contributed by atoms with Crippen LogP contribution in [0.25, 0.3) is 0 Å². The van der Waals surface area contributed by atoms with E-state index in [9.17, 15) is 0 Å². The summed E-state index contributed by atoms with van der Waals surface area (Å²) in [5.74, 6) is 5.72. The van der Waals surface area contributed by atoms with E-state index >= 15 is 0 Å². The third kappa shape index (κ3) is 2.98. The molecule has 0 spiro atoms. The van der Waals surface area contributed by atoms with Crippen molar-refractivity contribution in [1.82, 2.24) is 15.3 Å². The Bertz CT molecular complexity index is 425. The lowest BCUT2D eigenvalue weighted by molar-refractivity contribution is -0.0645. The van der Waals surface area contributed by atoms with Gasteiger partial charge in [-0.2, -0.15) is 0 Å². The molecule has 5 nitrogen and oxygen atoms in total. The number of hydrogen-bond acceptors (Lipinski definition) is 6. The van der Waals surface area contributed by atoms with Crippen molar-refractivity contribution in [2.24, 2.45) is 5.84 Å². The second-order valence-electron chi connectivity index (χ2n) is 5.50. The van der Waals surface area contributed by atoms with Crippen LogP contribution in [0.1, 0.15) is 23.5 Å². The molecule has 1 aromatic rings. The molecule has 3 heterocycles. The standard InChI is InChI=1S/C13H22N4OS/c1-9-15-10(8-19-9)5-12(16-14)13-6-17-4-2-3-11(17)7-18-13/h8,11-13,16H,2-7,14H2,1H3. The van der Waals surface area contributed by atoms with Gasteiger partial charge in [0, 0.05) is 24.4 Å². The van der Waals surface area contributed by atoms with Crippen LogP contribution in [-0.4, -0.2) is 47.8 Å². The van der Waals surface area contributed by atoms with Crippen molar-refractivity contribution in [2.45, 2.75) is 44.4 Å². The number of nitrogens with two attached hydrogens (primary N) is 1. The molecule has 0 bridgehead atoms. The molecule has 106 valence electrons. The first-order chi connectivity index (χ1) is 9.26. The average Bonchev–Trinajstić information content (AvgIpc) is 3.03. The van der Waals surface area contributed by atoms with Gasteiger partial charge in [-0.1, -0.05) is 0 Å². The number of fused-ring (bicyclic) bond motifs is 1. The van der Waals surface area contributed by atoms with Crippen molar-refractivity contribution >= 4 is 11.3 Å². The highest BCUT2D eigenvalue weighted by Crippen LogP contribution is 2.24. The van der Waals surface area contributed by atoms with E-state index in [4.69, 9.17) is 10.6 Å². The summed E-state index contributed by atoms with van der Waals surface area (Å²) >= 11 is 1.69. The van der Waals surface area contributed by atoms with E-state index < -0.39 is 0 Å². The Balaban J connectivity index is 1.62. The highest BCUT2D eigenvalue weighted by Gasteiger charge is 2.35. The van der Waals surface area contributed by atoms with Gasteiger partial charge >= 0.3 is 0 Å². The van der Waals surface area contributed by atoms with Crippen LogP contribution >= 0.6 is 11.3 Å². The number of morpholine rings is 1. The molecule has 19 heavy (non-hydrogen) atoms. The van der Waals surface area contributed by atoms with Crippen molar-refractivity contribution in [3.63, 3.8) is 0 Å². The number of nitrogens with one attached hydrogen (secondary N) is 1. The smallest absolute Gasteiger partial charge is 0.0897 e. The maximum Gasteiger partial charge on any atom is 0.0897 e. The van der Waals surface area contributed by atoms with Crippen molar-refractivity contribution in [3.05, 3.63) is 16.1 Å². The zero-order valence-electron chi connectivity index (χ0n) is 11.3. The number of ether oxygens (including phenoxy) is 1. The normalized spacial score (nSPS) is 29.4. The molecule has 3 N–H and O–H groups in total. The summed E-state index contributed by atoms with van der Waals surface area (Å²) in [4.78, 5) is 7.06. The van der Waals surface area contributed by atoms with E-state index in [0.717, 1.165) is 30.3 Å². The minimum Gasteiger partial charge on any atom is -0.374 e. The van der Waals surface area contributed by atoms with Crippen LogP contribution in [0.4, 0.5) is 0 Å². The van der Waals surface area contributed by atoms with Crippen LogP contribution < -0.4 is 11.3 Å². The van der Waals surface area contributed by atoms with Crippen molar-refractivity contribution in [1.29, 1.82) is 0 Å². The predicted molar refractivity (Wildman–Crippen MR) is 76.0 cm³/mol. The molecule has 1 aromatic heterocycles. The molecule has 2 fully saturated rings. The lowest BCUT2D eigenvalue weighted by atomic mass is 10.0. The largest absolute Gasteiger partial charge is 0.374 e. The first-order valence-corrected chi connectivity index (χ1v) is 7.87. The second-order valence-corrected chi connectivity index (χ2v) is 6.56. The molecule has 3 atom stereocenters. The predicted octanol–water partition coefficient (Wildman–Crippen LogP) is 0.689. The van der Waals surface area contributed by atoms with Crippen LogP contribution in [-0.2, 0) is 11.2 Å². The Labute approximate surface area is 118 Å². The Morgan fingerprint density at radius 2 is 2.58 bits per heavy atom. The van der Waals surface area contributed by atoms with Gasteiger partial charge in [-0.25, -0.2) is 4.98 Å². The summed E-state index contributed by atoms with van der Waals surface area (Å²) in [6.07, 6.45) is 3.58. The fourth-order valence-corrected chi connectivity index (χ4v) is 3.74. The number of hydrogen-bond donors (Lipinski definition) is 2. The lowest BCUT2D eigenvalue weighted by Crippen LogP contribution is -2.56. The number of thiazole rings is 1. The van der Waals surface area contributed by atoms with Crippen LogP contribution in [0.2, 0.25) is 0 Å². The van der Waals surface area contributed by atoms with Gasteiger partial charge in [-0.3, -0.25) is 16.2 Å². The topological polar surface area (TPSA) is 63.4 Å². The third-order valence-corrected chi connectivity index (χ3v) is 5.00. The Kier molecular flexibility index (Phi) is 4.14. The summed E-state index contributed by atoms with van der Waals surface area (Å²) in [5.41, 5.74) is 4.03. The van der Waals surface area contributed by atoms with E-state index in [1.165, 1.54) is 19.4 Å². The third-order valence-electron chi connectivity index (χ3n) is 4.17. The quantitative estimate of drug-likeness (QED) is 0.628. The van der Waals surface area contributed by atoms with E-state index in [0.29, 0.717) is 6.04 Å². The number of aromatic nitrogens is 1. The molecule has 0 aromatic carbocycles. The molecular formula is C13H22N4OS. The maximum atomic E-state index is 6.02. The summed E-state index contributed by atoms with van der Waals surface area (Å²) in [6.45, 7) is 5.07. The number of rotatable bonds is 4. The first-order valence-electron chi connectivity index (χ1n) is 6.99. The number of hydrazine groups is 1. The van der Waals surface area contributed by atoms with Gasteiger partial charge in [0.25, 0.3) is 0 Å². The van der Waals surface area contributed by atoms with Crippen LogP contribution in [0.5, 0.6) is 0 Å². The fraction of sp³-hybridized carbons (Fsp3) is 0.769. The monoisotopic (exact) mass is 282 g/mol. The SMILES string of the molecule is Cc1nc(CC(NN)C2CN3CCCC3CO2)cs1. The van der Waals surface area contributed by atoms with E-state index in [2.05, 4.69) is 20.7 Å². The van der Waals surface area contributed by atoms with Crippen molar-refractivity contribution in [3.8, 4) is 0 Å². The first kappa shape index (κ1) is 13.5. The fourth-order valence-electron chi connectivity index (χ4n) is 3.11.